The maximum absolute atomic E-state index is 13.1. The zero-order chi connectivity index (χ0) is 61.7. The smallest absolute Gasteiger partial charge is 0.220 e. The van der Waals surface area contributed by atoms with Crippen molar-refractivity contribution in [1.82, 2.24) is 60.9 Å². The van der Waals surface area contributed by atoms with Gasteiger partial charge in [0.15, 0.2) is 12.6 Å². The second-order valence-electron chi connectivity index (χ2n) is 20.2. The number of ether oxygens (including phenoxy) is 14. The van der Waals surface area contributed by atoms with Gasteiger partial charge in [0.25, 0.3) is 0 Å². The topological polar surface area (TPSA) is 390 Å². The predicted molar refractivity (Wildman–Crippen MR) is 296 cm³/mol. The third kappa shape index (κ3) is 27.7. The van der Waals surface area contributed by atoms with Gasteiger partial charge in [-0.3, -0.25) is 19.1 Å². The van der Waals surface area contributed by atoms with Crippen LogP contribution in [0.3, 0.4) is 0 Å². The minimum Gasteiger partial charge on any atom is -0.388 e. The molecule has 2 saturated heterocycles. The van der Waals surface area contributed by atoms with Crippen molar-refractivity contribution in [3.8, 4) is 0 Å². The molecule has 86 heavy (non-hydrogen) atoms. The molecule has 0 radical (unpaired) electrons. The van der Waals surface area contributed by atoms with E-state index in [1.807, 2.05) is 17.8 Å². The zero-order valence-electron chi connectivity index (χ0n) is 50.1. The summed E-state index contributed by atoms with van der Waals surface area (Å²) in [4.78, 5) is 36.0. The van der Waals surface area contributed by atoms with Gasteiger partial charge in [0.2, 0.25) is 17.7 Å². The summed E-state index contributed by atoms with van der Waals surface area (Å²) in [6.45, 7) is 11.4. The molecule has 33 nitrogen and oxygen atoms in total. The minimum absolute atomic E-state index is 0.0129. The number of aromatic nitrogens is 9. The fraction of sp³-hybridized carbons (Fsp3) is 0.830. The van der Waals surface area contributed by atoms with Gasteiger partial charge in [-0.15, -0.1) is 15.3 Å². The lowest BCUT2D eigenvalue weighted by Gasteiger charge is -2.42. The Morgan fingerprint density at radius 1 is 0.512 bits per heavy atom. The van der Waals surface area contributed by atoms with Crippen LogP contribution in [0.1, 0.15) is 63.5 Å². The number of rotatable bonds is 48. The van der Waals surface area contributed by atoms with Crippen molar-refractivity contribution in [2.45, 2.75) is 153 Å². The Balaban J connectivity index is 0.886. The number of unbranched alkanes of at least 4 members (excludes halogenated alkanes) is 2. The van der Waals surface area contributed by atoms with E-state index in [0.29, 0.717) is 103 Å². The zero-order valence-corrected chi connectivity index (χ0v) is 50.1. The second-order valence-corrected chi connectivity index (χ2v) is 20.2. The maximum Gasteiger partial charge on any atom is 0.220 e. The third-order valence-corrected chi connectivity index (χ3v) is 13.2. The highest BCUT2D eigenvalue weighted by atomic mass is 16.7. The van der Waals surface area contributed by atoms with Gasteiger partial charge in [-0.1, -0.05) is 29.0 Å². The molecule has 3 amide bonds. The van der Waals surface area contributed by atoms with E-state index in [2.05, 4.69) is 46.9 Å². The minimum atomic E-state index is -1.29. The Kier molecular flexibility index (Phi) is 35.2. The van der Waals surface area contributed by atoms with Crippen molar-refractivity contribution >= 4 is 17.7 Å². The maximum atomic E-state index is 13.1. The molecule has 0 aliphatic carbocycles. The summed E-state index contributed by atoms with van der Waals surface area (Å²) >= 11 is 0. The summed E-state index contributed by atoms with van der Waals surface area (Å²) in [7, 11) is 2.76. The van der Waals surface area contributed by atoms with E-state index >= 15 is 0 Å². The molecule has 0 bridgehead atoms. The van der Waals surface area contributed by atoms with Crippen molar-refractivity contribution in [2.75, 3.05) is 133 Å². The molecule has 2 aliphatic heterocycles. The van der Waals surface area contributed by atoms with Gasteiger partial charge in [-0.2, -0.15) is 0 Å². The average Bonchev–Trinajstić information content (AvgIpc) is 2.27. The van der Waals surface area contributed by atoms with Crippen LogP contribution in [0, 0.1) is 0 Å². The Morgan fingerprint density at radius 2 is 0.895 bits per heavy atom. The van der Waals surface area contributed by atoms with Crippen molar-refractivity contribution in [2.24, 2.45) is 0 Å². The van der Waals surface area contributed by atoms with Crippen LogP contribution in [0.4, 0.5) is 0 Å². The van der Waals surface area contributed by atoms with Gasteiger partial charge in [-0.25, -0.2) is 9.36 Å². The first kappa shape index (κ1) is 71.9. The number of nitrogens with zero attached hydrogens (tertiary/aromatic N) is 9. The standard InChI is InChI=1S/C53H92N12O21/c1-6-39-28-63(60-57-39)11-9-7-8-10-45(68)56-42(33-83-31-40-29-64(61-58-40)12-14-75-16-18-77-20-22-79-24-26-81-35-43-48(69)50(71)46(54-37(2)66)52(73-4)85-43)34-84-32-41-30-65(62-59-41)13-15-76-17-19-78-21-23-80-25-27-82-36-44-49(70)51(72)47(55-38(3)67)53(74-5)86-44/h28-30,42-44,46-53,69-72H,6-27,31-36H2,1-5H3,(H,54,66)(H,55,67)(H,56,68)/t42?,43-,44-,46+,47+,48+,49+,50-,51-,52?,53?/m1/s1. The predicted octanol–water partition coefficient (Wildman–Crippen LogP) is -3.17. The Labute approximate surface area is 500 Å². The fourth-order valence-electron chi connectivity index (χ4n) is 8.77. The van der Waals surface area contributed by atoms with E-state index in [0.717, 1.165) is 31.5 Å². The molecule has 10 atom stereocenters. The molecule has 5 rings (SSSR count). The van der Waals surface area contributed by atoms with Gasteiger partial charge in [0.05, 0.1) is 169 Å². The molecule has 2 unspecified atom stereocenters. The van der Waals surface area contributed by atoms with Crippen LogP contribution < -0.4 is 16.0 Å². The van der Waals surface area contributed by atoms with Crippen LogP contribution in [-0.2, 0) is 120 Å². The highest BCUT2D eigenvalue weighted by Gasteiger charge is 2.46. The quantitative estimate of drug-likeness (QED) is 0.0274. The molecular formula is C53H92N12O21. The summed E-state index contributed by atoms with van der Waals surface area (Å²) in [5.74, 6) is -0.892. The van der Waals surface area contributed by atoms with Gasteiger partial charge >= 0.3 is 0 Å². The number of methoxy groups -OCH3 is 2. The molecule has 0 spiro atoms. The van der Waals surface area contributed by atoms with Crippen molar-refractivity contribution in [3.05, 3.63) is 35.7 Å². The van der Waals surface area contributed by atoms with Crippen molar-refractivity contribution in [3.63, 3.8) is 0 Å². The van der Waals surface area contributed by atoms with E-state index in [9.17, 15) is 34.8 Å². The number of aryl methyl sites for hydroxylation is 2. The molecule has 3 aromatic rings. The van der Waals surface area contributed by atoms with Gasteiger partial charge < -0.3 is 103 Å². The monoisotopic (exact) mass is 1230 g/mol. The summed E-state index contributed by atoms with van der Waals surface area (Å²) in [5, 5.41) is 75.0. The Hall–Kier alpha value is -4.89. The lowest BCUT2D eigenvalue weighted by molar-refractivity contribution is -0.265. The van der Waals surface area contributed by atoms with E-state index < -0.39 is 67.3 Å². The van der Waals surface area contributed by atoms with Gasteiger partial charge in [0.1, 0.15) is 60.1 Å². The lowest BCUT2D eigenvalue weighted by atomic mass is 9.97. The molecule has 2 fully saturated rings. The summed E-state index contributed by atoms with van der Waals surface area (Å²) in [6, 6.07) is -2.29. The van der Waals surface area contributed by atoms with E-state index in [4.69, 9.17) is 66.3 Å². The van der Waals surface area contributed by atoms with Crippen LogP contribution in [-0.4, -0.2) is 284 Å². The first-order chi connectivity index (χ1) is 41.8. The molecular weight excluding hydrogens is 1140 g/mol. The number of carbonyl (C=O) groups excluding carboxylic acids is 3. The number of aliphatic hydroxyl groups excluding tert-OH is 4. The first-order valence-corrected chi connectivity index (χ1v) is 29.1. The number of hydrogen-bond donors (Lipinski definition) is 7. The first-order valence-electron chi connectivity index (χ1n) is 29.1. The van der Waals surface area contributed by atoms with Gasteiger partial charge in [-0.05, 0) is 19.3 Å². The molecule has 7 N–H and O–H groups in total. The van der Waals surface area contributed by atoms with Crippen molar-refractivity contribution in [1.29, 1.82) is 0 Å². The van der Waals surface area contributed by atoms with Crippen LogP contribution >= 0.6 is 0 Å². The van der Waals surface area contributed by atoms with Crippen molar-refractivity contribution < 1.29 is 101 Å². The number of amides is 3. The number of carbonyl (C=O) groups is 3. The molecule has 2 aliphatic rings. The van der Waals surface area contributed by atoms with Crippen LogP contribution in [0.2, 0.25) is 0 Å². The van der Waals surface area contributed by atoms with E-state index in [-0.39, 0.29) is 83.8 Å². The third-order valence-electron chi connectivity index (χ3n) is 13.2. The van der Waals surface area contributed by atoms with E-state index in [1.165, 1.54) is 28.1 Å². The van der Waals surface area contributed by atoms with Crippen LogP contribution in [0.15, 0.2) is 18.6 Å². The summed E-state index contributed by atoms with van der Waals surface area (Å²) < 4.78 is 83.7. The van der Waals surface area contributed by atoms with Crippen LogP contribution in [0.5, 0.6) is 0 Å². The SMILES string of the molecule is CCc1cn(CCCCCC(=O)NC(COCc2cn(CCOCCOCCOCCOC[C@H]3OC(OC)[C@@H](NC(C)=O)[C@@H](O)[C@H]3O)nn2)COCc2cn(CCOCCOCCOCCOC[C@H]3OC(OC)[C@@H](NC(C)=O)[C@@H](O)[C@H]3O)nn2)nn1. The summed E-state index contributed by atoms with van der Waals surface area (Å²) in [5.41, 5.74) is 2.16. The number of hydrogen-bond acceptors (Lipinski definition) is 27. The lowest BCUT2D eigenvalue weighted by Crippen LogP contribution is -2.64. The summed E-state index contributed by atoms with van der Waals surface area (Å²) in [6.07, 6.45) is 0.315. The molecule has 490 valence electrons. The highest BCUT2D eigenvalue weighted by molar-refractivity contribution is 5.76. The van der Waals surface area contributed by atoms with Crippen LogP contribution in [0.25, 0.3) is 0 Å². The Morgan fingerprint density at radius 3 is 1.29 bits per heavy atom. The molecule has 3 aromatic heterocycles. The fourth-order valence-corrected chi connectivity index (χ4v) is 8.77. The number of aliphatic hydroxyl groups is 4. The van der Waals surface area contributed by atoms with E-state index in [1.54, 1.807) is 21.8 Å². The molecule has 5 heterocycles. The Bertz CT molecular complexity index is 2160. The molecule has 33 heteroatoms. The normalized spacial score (nSPS) is 22.7. The van der Waals surface area contributed by atoms with Gasteiger partial charge in [0, 0.05) is 47.2 Å². The molecule has 0 saturated carbocycles. The number of nitrogens with one attached hydrogen (secondary N) is 3. The molecule has 0 aromatic carbocycles. The largest absolute Gasteiger partial charge is 0.388 e. The second kappa shape index (κ2) is 42.1. The average molecular weight is 1230 g/mol. The highest BCUT2D eigenvalue weighted by Crippen LogP contribution is 2.24.